The summed E-state index contributed by atoms with van der Waals surface area (Å²) in [5.41, 5.74) is 1.02. The van der Waals surface area contributed by atoms with Gasteiger partial charge in [-0.05, 0) is 24.1 Å². The number of carbonyl (C=O) groups is 1. The largest absolute Gasteiger partial charge is 0.497 e. The summed E-state index contributed by atoms with van der Waals surface area (Å²) < 4.78 is 5.11. The molecule has 80 valence electrons. The van der Waals surface area contributed by atoms with Crippen LogP contribution in [0.4, 0.5) is 0 Å². The first-order chi connectivity index (χ1) is 7.29. The van der Waals surface area contributed by atoms with Crippen LogP contribution in [0, 0.1) is 0 Å². The van der Waals surface area contributed by atoms with E-state index in [2.05, 4.69) is 0 Å². The van der Waals surface area contributed by atoms with Gasteiger partial charge in [-0.2, -0.15) is 0 Å². The maximum Gasteiger partial charge on any atom is 0.226 e. The molecule has 1 saturated heterocycles. The van der Waals surface area contributed by atoms with Gasteiger partial charge in [-0.15, -0.1) is 0 Å². The van der Waals surface area contributed by atoms with E-state index in [1.807, 2.05) is 29.2 Å². The minimum Gasteiger partial charge on any atom is -0.497 e. The lowest BCUT2D eigenvalue weighted by atomic mass is 10.1. The first kappa shape index (κ1) is 10.0. The Labute approximate surface area is 89.7 Å². The molecule has 2 rings (SSSR count). The SMILES string of the molecule is COc1cccc(CC(=O)N2CCC2)c1. The minimum absolute atomic E-state index is 0.217. The molecule has 0 aromatic heterocycles. The Morgan fingerprint density at radius 2 is 2.27 bits per heavy atom. The molecule has 3 nitrogen and oxygen atoms in total. The van der Waals surface area contributed by atoms with Crippen LogP contribution in [0.15, 0.2) is 24.3 Å². The van der Waals surface area contributed by atoms with E-state index in [0.29, 0.717) is 6.42 Å². The predicted octanol–water partition coefficient (Wildman–Crippen LogP) is 1.47. The number of likely N-dealkylation sites (tertiary alicyclic amines) is 1. The third kappa shape index (κ3) is 2.29. The summed E-state index contributed by atoms with van der Waals surface area (Å²) in [4.78, 5) is 13.6. The summed E-state index contributed by atoms with van der Waals surface area (Å²) in [7, 11) is 1.64. The Bertz CT molecular complexity index is 358. The lowest BCUT2D eigenvalue weighted by Crippen LogP contribution is -2.42. The van der Waals surface area contributed by atoms with Gasteiger partial charge in [0.15, 0.2) is 0 Å². The molecule has 0 saturated carbocycles. The predicted molar refractivity (Wildman–Crippen MR) is 57.9 cm³/mol. The van der Waals surface area contributed by atoms with Crippen molar-refractivity contribution in [2.75, 3.05) is 20.2 Å². The molecule has 1 aliphatic heterocycles. The maximum atomic E-state index is 11.7. The van der Waals surface area contributed by atoms with Crippen LogP contribution in [-0.4, -0.2) is 31.0 Å². The quantitative estimate of drug-likeness (QED) is 0.747. The van der Waals surface area contributed by atoms with Gasteiger partial charge in [0, 0.05) is 13.1 Å². The molecular formula is C12H15NO2. The van der Waals surface area contributed by atoms with Crippen molar-refractivity contribution in [2.24, 2.45) is 0 Å². The number of rotatable bonds is 3. The highest BCUT2D eigenvalue weighted by Crippen LogP contribution is 2.15. The number of carbonyl (C=O) groups excluding carboxylic acids is 1. The molecule has 0 radical (unpaired) electrons. The summed E-state index contributed by atoms with van der Waals surface area (Å²) in [6, 6.07) is 7.67. The molecule has 0 atom stereocenters. The van der Waals surface area contributed by atoms with E-state index in [1.54, 1.807) is 7.11 Å². The number of hydrogen-bond donors (Lipinski definition) is 0. The van der Waals surface area contributed by atoms with E-state index in [1.165, 1.54) is 0 Å². The zero-order chi connectivity index (χ0) is 10.7. The van der Waals surface area contributed by atoms with E-state index in [9.17, 15) is 4.79 Å². The molecule has 1 aliphatic rings. The van der Waals surface area contributed by atoms with Crippen molar-refractivity contribution in [1.82, 2.24) is 4.90 Å². The van der Waals surface area contributed by atoms with Crippen molar-refractivity contribution in [3.8, 4) is 5.75 Å². The van der Waals surface area contributed by atoms with Gasteiger partial charge < -0.3 is 9.64 Å². The third-order valence-corrected chi connectivity index (χ3v) is 2.70. The van der Waals surface area contributed by atoms with Crippen molar-refractivity contribution in [3.05, 3.63) is 29.8 Å². The number of hydrogen-bond acceptors (Lipinski definition) is 2. The number of benzene rings is 1. The Balaban J connectivity index is 1.99. The molecule has 15 heavy (non-hydrogen) atoms. The van der Waals surface area contributed by atoms with Gasteiger partial charge in [0.2, 0.25) is 5.91 Å². The Morgan fingerprint density at radius 1 is 1.47 bits per heavy atom. The number of nitrogens with zero attached hydrogens (tertiary/aromatic N) is 1. The number of amides is 1. The van der Waals surface area contributed by atoms with Crippen LogP contribution in [0.5, 0.6) is 5.75 Å². The second kappa shape index (κ2) is 4.34. The van der Waals surface area contributed by atoms with E-state index in [0.717, 1.165) is 30.8 Å². The Hall–Kier alpha value is -1.51. The van der Waals surface area contributed by atoms with E-state index in [-0.39, 0.29) is 5.91 Å². The van der Waals surface area contributed by atoms with Gasteiger partial charge in [-0.1, -0.05) is 12.1 Å². The van der Waals surface area contributed by atoms with Gasteiger partial charge >= 0.3 is 0 Å². The van der Waals surface area contributed by atoms with Crippen LogP contribution < -0.4 is 4.74 Å². The van der Waals surface area contributed by atoms with Crippen LogP contribution in [0.25, 0.3) is 0 Å². The lowest BCUT2D eigenvalue weighted by Gasteiger charge is -2.30. The summed E-state index contributed by atoms with van der Waals surface area (Å²) in [5, 5.41) is 0. The molecule has 1 amide bonds. The summed E-state index contributed by atoms with van der Waals surface area (Å²) in [6.45, 7) is 1.84. The normalized spacial score (nSPS) is 14.6. The van der Waals surface area contributed by atoms with E-state index < -0.39 is 0 Å². The Morgan fingerprint density at radius 3 is 2.87 bits per heavy atom. The molecule has 1 fully saturated rings. The highest BCUT2D eigenvalue weighted by atomic mass is 16.5. The van der Waals surface area contributed by atoms with Crippen LogP contribution in [0.3, 0.4) is 0 Å². The molecule has 1 heterocycles. The van der Waals surface area contributed by atoms with Crippen LogP contribution >= 0.6 is 0 Å². The average molecular weight is 205 g/mol. The van der Waals surface area contributed by atoms with Crippen molar-refractivity contribution in [3.63, 3.8) is 0 Å². The van der Waals surface area contributed by atoms with Gasteiger partial charge in [0.25, 0.3) is 0 Å². The smallest absolute Gasteiger partial charge is 0.226 e. The molecule has 0 unspecified atom stereocenters. The second-order valence-corrected chi connectivity index (χ2v) is 3.76. The fourth-order valence-electron chi connectivity index (χ4n) is 1.63. The monoisotopic (exact) mass is 205 g/mol. The van der Waals surface area contributed by atoms with Crippen LogP contribution in [-0.2, 0) is 11.2 Å². The molecular weight excluding hydrogens is 190 g/mol. The summed E-state index contributed by atoms with van der Waals surface area (Å²) >= 11 is 0. The van der Waals surface area contributed by atoms with E-state index >= 15 is 0 Å². The minimum atomic E-state index is 0.217. The number of ether oxygens (including phenoxy) is 1. The molecule has 3 heteroatoms. The first-order valence-electron chi connectivity index (χ1n) is 5.20. The zero-order valence-corrected chi connectivity index (χ0v) is 8.90. The van der Waals surface area contributed by atoms with Crippen molar-refractivity contribution in [1.29, 1.82) is 0 Å². The van der Waals surface area contributed by atoms with Crippen molar-refractivity contribution >= 4 is 5.91 Å². The molecule has 1 aromatic rings. The molecule has 1 aromatic carbocycles. The lowest BCUT2D eigenvalue weighted by molar-refractivity contribution is -0.133. The summed E-state index contributed by atoms with van der Waals surface area (Å²) in [5.74, 6) is 1.03. The van der Waals surface area contributed by atoms with Crippen molar-refractivity contribution in [2.45, 2.75) is 12.8 Å². The zero-order valence-electron chi connectivity index (χ0n) is 8.90. The highest BCUT2D eigenvalue weighted by molar-refractivity contribution is 5.79. The van der Waals surface area contributed by atoms with Crippen molar-refractivity contribution < 1.29 is 9.53 Å². The molecule has 0 N–H and O–H groups in total. The highest BCUT2D eigenvalue weighted by Gasteiger charge is 2.19. The molecule has 0 spiro atoms. The standard InChI is InChI=1S/C12H15NO2/c1-15-11-5-2-4-10(8-11)9-12(14)13-6-3-7-13/h2,4-5,8H,3,6-7,9H2,1H3. The maximum absolute atomic E-state index is 11.7. The fraction of sp³-hybridized carbons (Fsp3) is 0.417. The van der Waals surface area contributed by atoms with Crippen LogP contribution in [0.2, 0.25) is 0 Å². The molecule has 0 bridgehead atoms. The van der Waals surface area contributed by atoms with Crippen LogP contribution in [0.1, 0.15) is 12.0 Å². The Kier molecular flexibility index (Phi) is 2.90. The average Bonchev–Trinajstić information content (AvgIpc) is 2.15. The first-order valence-corrected chi connectivity index (χ1v) is 5.20. The fourth-order valence-corrected chi connectivity index (χ4v) is 1.63. The van der Waals surface area contributed by atoms with Gasteiger partial charge in [0.1, 0.15) is 5.75 Å². The van der Waals surface area contributed by atoms with Gasteiger partial charge in [-0.25, -0.2) is 0 Å². The van der Waals surface area contributed by atoms with Gasteiger partial charge in [-0.3, -0.25) is 4.79 Å². The summed E-state index contributed by atoms with van der Waals surface area (Å²) in [6.07, 6.45) is 1.63. The van der Waals surface area contributed by atoms with E-state index in [4.69, 9.17) is 4.74 Å². The van der Waals surface area contributed by atoms with Gasteiger partial charge in [0.05, 0.1) is 13.5 Å². The second-order valence-electron chi connectivity index (χ2n) is 3.76. The number of methoxy groups -OCH3 is 1. The third-order valence-electron chi connectivity index (χ3n) is 2.70. The molecule has 0 aliphatic carbocycles. The topological polar surface area (TPSA) is 29.5 Å².